The second-order valence-corrected chi connectivity index (χ2v) is 5.61. The molecule has 1 aliphatic carbocycles. The predicted molar refractivity (Wildman–Crippen MR) is 82.1 cm³/mol. The van der Waals surface area contributed by atoms with Gasteiger partial charge in [-0.3, -0.25) is 5.84 Å². The molecular weight excluding hydrogens is 359 g/mol. The van der Waals surface area contributed by atoms with Crippen molar-refractivity contribution in [2.45, 2.75) is 30.9 Å². The van der Waals surface area contributed by atoms with Gasteiger partial charge in [-0.2, -0.15) is 0 Å². The highest BCUT2D eigenvalue weighted by Gasteiger charge is 2.48. The van der Waals surface area contributed by atoms with Crippen molar-refractivity contribution in [1.29, 1.82) is 0 Å². The molecular formula is C15H18F3N3O5. The van der Waals surface area contributed by atoms with Gasteiger partial charge in [0.1, 0.15) is 11.9 Å². The van der Waals surface area contributed by atoms with Crippen LogP contribution in [0, 0.1) is 0 Å². The molecule has 2 rings (SSSR count). The molecule has 0 bridgehead atoms. The van der Waals surface area contributed by atoms with E-state index in [1.165, 1.54) is 31.4 Å². The summed E-state index contributed by atoms with van der Waals surface area (Å²) in [7, 11) is 1.46. The van der Waals surface area contributed by atoms with Gasteiger partial charge in [-0.05, 0) is 17.7 Å². The third kappa shape index (κ3) is 4.29. The first kappa shape index (κ1) is 19.7. The fraction of sp³-hybridized carbons (Fsp3) is 0.400. The van der Waals surface area contributed by atoms with Gasteiger partial charge in [0.05, 0.1) is 5.60 Å². The van der Waals surface area contributed by atoms with Crippen molar-refractivity contribution in [3.63, 3.8) is 0 Å². The van der Waals surface area contributed by atoms with E-state index in [2.05, 4.69) is 4.74 Å². The molecule has 0 radical (unpaired) electrons. The molecule has 11 heteroatoms. The zero-order valence-corrected chi connectivity index (χ0v) is 13.7. The van der Waals surface area contributed by atoms with Gasteiger partial charge in [0.25, 0.3) is 0 Å². The lowest BCUT2D eigenvalue weighted by molar-refractivity contribution is -0.274. The van der Waals surface area contributed by atoms with Crippen molar-refractivity contribution in [1.82, 2.24) is 5.43 Å². The molecule has 26 heavy (non-hydrogen) atoms. The number of nitrogens with one attached hydrogen (secondary N) is 1. The number of hydrogen-bond acceptors (Lipinski definition) is 7. The highest BCUT2D eigenvalue weighted by Crippen LogP contribution is 2.46. The summed E-state index contributed by atoms with van der Waals surface area (Å²) in [6.07, 6.45) is -4.57. The van der Waals surface area contributed by atoms with E-state index in [1.807, 2.05) is 5.43 Å². The van der Waals surface area contributed by atoms with Gasteiger partial charge in [0.15, 0.2) is 5.70 Å². The minimum Gasteiger partial charge on any atom is -0.476 e. The quantitative estimate of drug-likeness (QED) is 0.242. The molecule has 0 saturated heterocycles. The third-order valence-corrected chi connectivity index (χ3v) is 4.02. The first-order chi connectivity index (χ1) is 12.1. The van der Waals surface area contributed by atoms with Crippen LogP contribution in [0.15, 0.2) is 35.8 Å². The number of hydrazine groups is 1. The summed E-state index contributed by atoms with van der Waals surface area (Å²) in [6.45, 7) is 0. The molecule has 1 fully saturated rings. The standard InChI is InChI=1S/C15H18F3N3O5/c1-24-14(8-2-4-9(5-3-8)26-15(16,17)18)6-10(7-14)25-12(19)11(21-20)13(22)23/h2-5,10,21H,6-7,19-20H2,1H3,(H,22,23)/b12-11+. The predicted octanol–water partition coefficient (Wildman–Crippen LogP) is 1.28. The number of methoxy groups -OCH3 is 1. The van der Waals surface area contributed by atoms with Crippen molar-refractivity contribution < 1.29 is 37.3 Å². The van der Waals surface area contributed by atoms with Crippen molar-refractivity contribution in [3.05, 3.63) is 41.4 Å². The summed E-state index contributed by atoms with van der Waals surface area (Å²) in [6, 6.07) is 5.30. The Balaban J connectivity index is 2.05. The van der Waals surface area contributed by atoms with E-state index in [0.29, 0.717) is 18.4 Å². The van der Waals surface area contributed by atoms with Crippen LogP contribution in [0.4, 0.5) is 13.2 Å². The molecule has 6 N–H and O–H groups in total. The number of halogens is 3. The maximum Gasteiger partial charge on any atom is 0.573 e. The number of hydrogen-bond donors (Lipinski definition) is 4. The summed E-state index contributed by atoms with van der Waals surface area (Å²) < 4.78 is 51.3. The number of aliphatic carboxylic acids is 1. The van der Waals surface area contributed by atoms with E-state index in [9.17, 15) is 18.0 Å². The number of alkyl halides is 3. The van der Waals surface area contributed by atoms with E-state index in [-0.39, 0.29) is 11.6 Å². The van der Waals surface area contributed by atoms with Crippen LogP contribution in [0.2, 0.25) is 0 Å². The highest BCUT2D eigenvalue weighted by atomic mass is 19.4. The third-order valence-electron chi connectivity index (χ3n) is 4.02. The molecule has 8 nitrogen and oxygen atoms in total. The second-order valence-electron chi connectivity index (χ2n) is 5.61. The van der Waals surface area contributed by atoms with Crippen molar-refractivity contribution in [2.24, 2.45) is 11.6 Å². The van der Waals surface area contributed by atoms with Crippen molar-refractivity contribution in [3.8, 4) is 5.75 Å². The number of carboxylic acids is 1. The molecule has 0 unspecified atom stereocenters. The van der Waals surface area contributed by atoms with Crippen LogP contribution in [-0.4, -0.2) is 30.7 Å². The molecule has 0 aliphatic heterocycles. The minimum atomic E-state index is -4.77. The van der Waals surface area contributed by atoms with Crippen molar-refractivity contribution in [2.75, 3.05) is 7.11 Å². The highest BCUT2D eigenvalue weighted by molar-refractivity contribution is 5.86. The molecule has 0 spiro atoms. The van der Waals surface area contributed by atoms with Crippen LogP contribution in [0.25, 0.3) is 0 Å². The van der Waals surface area contributed by atoms with Crippen LogP contribution in [0.3, 0.4) is 0 Å². The number of nitrogens with two attached hydrogens (primary N) is 2. The summed E-state index contributed by atoms with van der Waals surface area (Å²) in [5.41, 5.74) is 6.87. The summed E-state index contributed by atoms with van der Waals surface area (Å²) in [5, 5.41) is 8.90. The van der Waals surface area contributed by atoms with Gasteiger partial charge in [-0.1, -0.05) is 12.1 Å². The van der Waals surface area contributed by atoms with Crippen LogP contribution >= 0.6 is 0 Å². The Labute approximate surface area is 146 Å². The van der Waals surface area contributed by atoms with Gasteiger partial charge >= 0.3 is 12.3 Å². The maximum absolute atomic E-state index is 12.2. The zero-order valence-electron chi connectivity index (χ0n) is 13.7. The summed E-state index contributed by atoms with van der Waals surface area (Å²) in [5.74, 6) is 2.99. The average molecular weight is 377 g/mol. The number of benzene rings is 1. The van der Waals surface area contributed by atoms with E-state index < -0.39 is 29.7 Å². The molecule has 1 aliphatic rings. The molecule has 0 atom stereocenters. The van der Waals surface area contributed by atoms with Gasteiger partial charge in [0, 0.05) is 20.0 Å². The van der Waals surface area contributed by atoms with Crippen LogP contribution < -0.4 is 21.7 Å². The van der Waals surface area contributed by atoms with Gasteiger partial charge in [-0.15, -0.1) is 13.2 Å². The van der Waals surface area contributed by atoms with E-state index in [1.54, 1.807) is 0 Å². The van der Waals surface area contributed by atoms with E-state index in [0.717, 1.165) is 0 Å². The lowest BCUT2D eigenvalue weighted by Gasteiger charge is -2.46. The Morgan fingerprint density at radius 1 is 1.31 bits per heavy atom. The number of rotatable bonds is 7. The lowest BCUT2D eigenvalue weighted by atomic mass is 9.72. The largest absolute Gasteiger partial charge is 0.573 e. The second kappa shape index (κ2) is 7.30. The van der Waals surface area contributed by atoms with E-state index in [4.69, 9.17) is 26.2 Å². The van der Waals surface area contributed by atoms with Crippen molar-refractivity contribution >= 4 is 5.97 Å². The van der Waals surface area contributed by atoms with Crippen LogP contribution in [0.1, 0.15) is 18.4 Å². The molecule has 0 aromatic heterocycles. The van der Waals surface area contributed by atoms with Crippen LogP contribution in [0.5, 0.6) is 5.75 Å². The number of carboxylic acid groups (broad SMARTS) is 1. The molecule has 1 aromatic carbocycles. The molecule has 0 heterocycles. The average Bonchev–Trinajstić information content (AvgIpc) is 2.50. The molecule has 0 amide bonds. The SMILES string of the molecule is COC1(c2ccc(OC(F)(F)F)cc2)CC(O/C(N)=C(/NN)C(=O)O)C1. The summed E-state index contributed by atoms with van der Waals surface area (Å²) >= 11 is 0. The molecule has 144 valence electrons. The van der Waals surface area contributed by atoms with Gasteiger partial charge in [-0.25, -0.2) is 4.79 Å². The number of carbonyl (C=O) groups is 1. The first-order valence-electron chi connectivity index (χ1n) is 7.38. The van der Waals surface area contributed by atoms with E-state index >= 15 is 0 Å². The molecule has 1 aromatic rings. The number of ether oxygens (including phenoxy) is 3. The minimum absolute atomic E-state index is 0.321. The summed E-state index contributed by atoms with van der Waals surface area (Å²) in [4.78, 5) is 10.9. The monoisotopic (exact) mass is 377 g/mol. The topological polar surface area (TPSA) is 129 Å². The van der Waals surface area contributed by atoms with Gasteiger partial charge in [0.2, 0.25) is 5.88 Å². The Bertz CT molecular complexity index is 685. The normalized spacial score (nSPS) is 23.5. The first-order valence-corrected chi connectivity index (χ1v) is 7.38. The Hall–Kier alpha value is -2.66. The Morgan fingerprint density at radius 2 is 1.88 bits per heavy atom. The fourth-order valence-corrected chi connectivity index (χ4v) is 2.72. The van der Waals surface area contributed by atoms with Gasteiger partial charge < -0.3 is 30.5 Å². The molecule has 1 saturated carbocycles. The zero-order chi connectivity index (χ0) is 19.5. The Morgan fingerprint density at radius 3 is 2.31 bits per heavy atom. The van der Waals surface area contributed by atoms with Crippen LogP contribution in [-0.2, 0) is 19.9 Å². The smallest absolute Gasteiger partial charge is 0.476 e. The maximum atomic E-state index is 12.2. The fourth-order valence-electron chi connectivity index (χ4n) is 2.72. The Kier molecular flexibility index (Phi) is 5.52. The lowest BCUT2D eigenvalue weighted by Crippen LogP contribution is -2.48.